The van der Waals surface area contributed by atoms with E-state index in [2.05, 4.69) is 31.4 Å². The van der Waals surface area contributed by atoms with E-state index in [4.69, 9.17) is 4.74 Å². The molecule has 4 heteroatoms. The van der Waals surface area contributed by atoms with E-state index in [1.807, 2.05) is 78.9 Å². The SMILES string of the molecule is CC(Oc1ccc(C(C)(C)C)cc1)C(=O)Nc1ccc(Nc2ccccc2)cc1. The normalized spacial score (nSPS) is 12.1. The number of ether oxygens (including phenoxy) is 1. The Labute approximate surface area is 172 Å². The summed E-state index contributed by atoms with van der Waals surface area (Å²) in [5, 5.41) is 6.21. The molecular formula is C25H28N2O2. The van der Waals surface area contributed by atoms with E-state index in [9.17, 15) is 4.79 Å². The van der Waals surface area contributed by atoms with Gasteiger partial charge in [0.15, 0.2) is 6.10 Å². The zero-order valence-electron chi connectivity index (χ0n) is 17.4. The standard InChI is InChI=1S/C25H28N2O2/c1-18(29-23-16-10-19(11-17-23)25(2,3)4)24(28)27-22-14-12-21(13-15-22)26-20-8-6-5-7-9-20/h5-18,26H,1-4H3,(H,27,28). The van der Waals surface area contributed by atoms with Crippen molar-refractivity contribution in [1.82, 2.24) is 0 Å². The summed E-state index contributed by atoms with van der Waals surface area (Å²) in [7, 11) is 0. The highest BCUT2D eigenvalue weighted by atomic mass is 16.5. The van der Waals surface area contributed by atoms with Gasteiger partial charge in [0.25, 0.3) is 5.91 Å². The second-order valence-corrected chi connectivity index (χ2v) is 8.09. The largest absolute Gasteiger partial charge is 0.481 e. The molecule has 150 valence electrons. The van der Waals surface area contributed by atoms with Gasteiger partial charge in [-0.05, 0) is 66.4 Å². The zero-order chi connectivity index (χ0) is 20.9. The van der Waals surface area contributed by atoms with Gasteiger partial charge in [-0.2, -0.15) is 0 Å². The fourth-order valence-electron chi connectivity index (χ4n) is 2.86. The Bertz CT molecular complexity index is 927. The van der Waals surface area contributed by atoms with E-state index in [0.29, 0.717) is 5.75 Å². The van der Waals surface area contributed by atoms with Gasteiger partial charge in [-0.15, -0.1) is 0 Å². The van der Waals surface area contributed by atoms with Crippen molar-refractivity contribution in [3.05, 3.63) is 84.4 Å². The summed E-state index contributed by atoms with van der Waals surface area (Å²) >= 11 is 0. The average Bonchev–Trinajstić information content (AvgIpc) is 2.70. The Hall–Kier alpha value is -3.27. The summed E-state index contributed by atoms with van der Waals surface area (Å²) in [6, 6.07) is 25.4. The van der Waals surface area contributed by atoms with Crippen molar-refractivity contribution in [3.8, 4) is 5.75 Å². The van der Waals surface area contributed by atoms with E-state index < -0.39 is 6.10 Å². The van der Waals surface area contributed by atoms with Crippen molar-refractivity contribution in [2.45, 2.75) is 39.2 Å². The number of carbonyl (C=O) groups excluding carboxylic acids is 1. The van der Waals surface area contributed by atoms with Crippen LogP contribution in [-0.2, 0) is 10.2 Å². The first-order valence-electron chi connectivity index (χ1n) is 9.81. The molecule has 3 aromatic rings. The minimum atomic E-state index is -0.599. The number of benzene rings is 3. The lowest BCUT2D eigenvalue weighted by Crippen LogP contribution is -2.30. The van der Waals surface area contributed by atoms with Gasteiger partial charge >= 0.3 is 0 Å². The number of para-hydroxylation sites is 1. The molecule has 0 bridgehead atoms. The Balaban J connectivity index is 1.55. The zero-order valence-corrected chi connectivity index (χ0v) is 17.4. The highest BCUT2D eigenvalue weighted by Gasteiger charge is 2.17. The van der Waals surface area contributed by atoms with E-state index in [1.165, 1.54) is 5.56 Å². The quantitative estimate of drug-likeness (QED) is 0.534. The van der Waals surface area contributed by atoms with Gasteiger partial charge in [0.1, 0.15) is 5.75 Å². The molecule has 0 aliphatic rings. The lowest BCUT2D eigenvalue weighted by molar-refractivity contribution is -0.122. The predicted molar refractivity (Wildman–Crippen MR) is 120 cm³/mol. The van der Waals surface area contributed by atoms with Gasteiger partial charge in [0, 0.05) is 17.1 Å². The molecule has 0 aliphatic carbocycles. The molecule has 1 unspecified atom stereocenters. The second-order valence-electron chi connectivity index (χ2n) is 8.09. The van der Waals surface area contributed by atoms with E-state index in [-0.39, 0.29) is 11.3 Å². The third-order valence-electron chi connectivity index (χ3n) is 4.62. The van der Waals surface area contributed by atoms with Crippen LogP contribution in [0.2, 0.25) is 0 Å². The van der Waals surface area contributed by atoms with Crippen molar-refractivity contribution in [3.63, 3.8) is 0 Å². The molecule has 0 radical (unpaired) electrons. The lowest BCUT2D eigenvalue weighted by Gasteiger charge is -2.20. The van der Waals surface area contributed by atoms with Crippen molar-refractivity contribution in [2.75, 3.05) is 10.6 Å². The van der Waals surface area contributed by atoms with Crippen LogP contribution >= 0.6 is 0 Å². The molecule has 3 rings (SSSR count). The summed E-state index contributed by atoms with van der Waals surface area (Å²) in [6.45, 7) is 8.25. The molecule has 4 nitrogen and oxygen atoms in total. The summed E-state index contributed by atoms with van der Waals surface area (Å²) in [5.41, 5.74) is 4.02. The minimum absolute atomic E-state index is 0.0864. The maximum Gasteiger partial charge on any atom is 0.265 e. The molecule has 0 aliphatic heterocycles. The van der Waals surface area contributed by atoms with Crippen molar-refractivity contribution >= 4 is 23.0 Å². The average molecular weight is 389 g/mol. The third-order valence-corrected chi connectivity index (χ3v) is 4.62. The molecule has 1 atom stereocenters. The molecule has 0 fully saturated rings. The van der Waals surface area contributed by atoms with Crippen molar-refractivity contribution < 1.29 is 9.53 Å². The van der Waals surface area contributed by atoms with Crippen LogP contribution in [-0.4, -0.2) is 12.0 Å². The predicted octanol–water partition coefficient (Wildman–Crippen LogP) is 6.13. The van der Waals surface area contributed by atoms with Crippen LogP contribution in [0.3, 0.4) is 0 Å². The van der Waals surface area contributed by atoms with E-state index in [0.717, 1.165) is 17.1 Å². The van der Waals surface area contributed by atoms with Gasteiger partial charge in [0.2, 0.25) is 0 Å². The van der Waals surface area contributed by atoms with Crippen LogP contribution in [0.25, 0.3) is 0 Å². The molecule has 0 heterocycles. The summed E-state index contributed by atoms with van der Waals surface area (Å²) in [6.07, 6.45) is -0.599. The van der Waals surface area contributed by atoms with Crippen LogP contribution in [0.5, 0.6) is 5.75 Å². The Morgan fingerprint density at radius 2 is 1.34 bits per heavy atom. The van der Waals surface area contributed by atoms with Gasteiger partial charge in [-0.3, -0.25) is 4.79 Å². The molecule has 29 heavy (non-hydrogen) atoms. The van der Waals surface area contributed by atoms with Gasteiger partial charge in [-0.25, -0.2) is 0 Å². The van der Waals surface area contributed by atoms with Crippen molar-refractivity contribution in [2.24, 2.45) is 0 Å². The van der Waals surface area contributed by atoms with Crippen LogP contribution in [0.15, 0.2) is 78.9 Å². The molecule has 2 N–H and O–H groups in total. The lowest BCUT2D eigenvalue weighted by atomic mass is 9.87. The van der Waals surface area contributed by atoms with Gasteiger partial charge in [0.05, 0.1) is 0 Å². The Morgan fingerprint density at radius 3 is 1.93 bits per heavy atom. The highest BCUT2D eigenvalue weighted by molar-refractivity contribution is 5.94. The van der Waals surface area contributed by atoms with Crippen LogP contribution in [0.4, 0.5) is 17.1 Å². The second kappa shape index (κ2) is 8.82. The number of carbonyl (C=O) groups is 1. The van der Waals surface area contributed by atoms with E-state index in [1.54, 1.807) is 6.92 Å². The van der Waals surface area contributed by atoms with Crippen LogP contribution in [0.1, 0.15) is 33.3 Å². The minimum Gasteiger partial charge on any atom is -0.481 e. The highest BCUT2D eigenvalue weighted by Crippen LogP contribution is 2.25. The molecule has 0 saturated heterocycles. The number of anilines is 3. The summed E-state index contributed by atoms with van der Waals surface area (Å²) in [4.78, 5) is 12.5. The Kier molecular flexibility index (Phi) is 6.23. The maximum atomic E-state index is 12.5. The van der Waals surface area contributed by atoms with Crippen LogP contribution in [0, 0.1) is 0 Å². The molecule has 0 aromatic heterocycles. The molecule has 3 aromatic carbocycles. The maximum absolute atomic E-state index is 12.5. The van der Waals surface area contributed by atoms with Gasteiger partial charge in [-0.1, -0.05) is 51.1 Å². The molecular weight excluding hydrogens is 360 g/mol. The topological polar surface area (TPSA) is 50.4 Å². The first kappa shape index (κ1) is 20.5. The first-order valence-corrected chi connectivity index (χ1v) is 9.81. The summed E-state index contributed by atoms with van der Waals surface area (Å²) in [5.74, 6) is 0.497. The van der Waals surface area contributed by atoms with E-state index >= 15 is 0 Å². The number of rotatable bonds is 6. The monoisotopic (exact) mass is 388 g/mol. The summed E-state index contributed by atoms with van der Waals surface area (Å²) < 4.78 is 5.79. The first-order chi connectivity index (χ1) is 13.8. The van der Waals surface area contributed by atoms with Crippen LogP contribution < -0.4 is 15.4 Å². The molecule has 1 amide bonds. The smallest absolute Gasteiger partial charge is 0.265 e. The van der Waals surface area contributed by atoms with Gasteiger partial charge < -0.3 is 15.4 Å². The Morgan fingerprint density at radius 1 is 0.793 bits per heavy atom. The number of nitrogens with one attached hydrogen (secondary N) is 2. The third kappa shape index (κ3) is 5.85. The fraction of sp³-hybridized carbons (Fsp3) is 0.240. The molecule has 0 saturated carbocycles. The number of hydrogen-bond donors (Lipinski definition) is 2. The fourth-order valence-corrected chi connectivity index (χ4v) is 2.86. The number of hydrogen-bond acceptors (Lipinski definition) is 3. The van der Waals surface area contributed by atoms with Crippen molar-refractivity contribution in [1.29, 1.82) is 0 Å². The number of amides is 1. The molecule has 0 spiro atoms.